The van der Waals surface area contributed by atoms with Crippen molar-refractivity contribution in [2.45, 2.75) is 12.5 Å². The van der Waals surface area contributed by atoms with Gasteiger partial charge in [-0.2, -0.15) is 0 Å². The highest BCUT2D eigenvalue weighted by Crippen LogP contribution is 2.19. The quantitative estimate of drug-likeness (QED) is 0.621. The normalized spacial score (nSPS) is 12.1. The minimum absolute atomic E-state index is 0.00157. The number of rotatable bonds is 5. The molecular weight excluding hydrogens is 226 g/mol. The molecule has 0 radical (unpaired) electrons. The fourth-order valence-corrected chi connectivity index (χ4v) is 1.87. The van der Waals surface area contributed by atoms with Crippen LogP contribution in [0.3, 0.4) is 0 Å². The van der Waals surface area contributed by atoms with Gasteiger partial charge in [0.15, 0.2) is 0 Å². The lowest BCUT2D eigenvalue weighted by Crippen LogP contribution is -2.30. The van der Waals surface area contributed by atoms with Gasteiger partial charge in [0.05, 0.1) is 18.8 Å². The van der Waals surface area contributed by atoms with E-state index in [1.54, 1.807) is 13.3 Å². The molecule has 0 aliphatic carbocycles. The Morgan fingerprint density at radius 2 is 2.17 bits per heavy atom. The van der Waals surface area contributed by atoms with Crippen molar-refractivity contribution >= 4 is 0 Å². The number of hydrogen-bond acceptors (Lipinski definition) is 4. The van der Waals surface area contributed by atoms with Gasteiger partial charge in [-0.1, -0.05) is 18.2 Å². The van der Waals surface area contributed by atoms with Crippen LogP contribution in [0.15, 0.2) is 48.7 Å². The third kappa shape index (κ3) is 3.06. The van der Waals surface area contributed by atoms with E-state index < -0.39 is 0 Å². The molecule has 94 valence electrons. The summed E-state index contributed by atoms with van der Waals surface area (Å²) in [7, 11) is 1.66. The fourth-order valence-electron chi connectivity index (χ4n) is 1.87. The van der Waals surface area contributed by atoms with Crippen LogP contribution in [0.25, 0.3) is 0 Å². The fraction of sp³-hybridized carbons (Fsp3) is 0.214. The van der Waals surface area contributed by atoms with Gasteiger partial charge in [0.2, 0.25) is 0 Å². The topological polar surface area (TPSA) is 60.2 Å². The number of hydrazine groups is 1. The summed E-state index contributed by atoms with van der Waals surface area (Å²) in [5.41, 5.74) is 4.89. The van der Waals surface area contributed by atoms with Crippen molar-refractivity contribution in [3.05, 3.63) is 59.9 Å². The first-order valence-electron chi connectivity index (χ1n) is 5.83. The van der Waals surface area contributed by atoms with Crippen molar-refractivity contribution in [3.63, 3.8) is 0 Å². The lowest BCUT2D eigenvalue weighted by Gasteiger charge is -2.15. The zero-order chi connectivity index (χ0) is 12.8. The van der Waals surface area contributed by atoms with E-state index in [1.165, 1.54) is 0 Å². The molecule has 0 amide bonds. The Morgan fingerprint density at radius 1 is 1.28 bits per heavy atom. The molecule has 1 atom stereocenters. The maximum absolute atomic E-state index is 5.60. The highest BCUT2D eigenvalue weighted by Gasteiger charge is 2.11. The molecule has 4 heteroatoms. The van der Waals surface area contributed by atoms with E-state index in [0.717, 1.165) is 23.4 Å². The number of ether oxygens (including phenoxy) is 1. The van der Waals surface area contributed by atoms with E-state index in [2.05, 4.69) is 16.5 Å². The third-order valence-corrected chi connectivity index (χ3v) is 2.82. The molecule has 18 heavy (non-hydrogen) atoms. The number of benzene rings is 1. The van der Waals surface area contributed by atoms with E-state index in [4.69, 9.17) is 10.6 Å². The average molecular weight is 243 g/mol. The molecule has 1 aromatic carbocycles. The van der Waals surface area contributed by atoms with Crippen molar-refractivity contribution in [2.75, 3.05) is 7.11 Å². The number of hydrogen-bond donors (Lipinski definition) is 2. The number of methoxy groups -OCH3 is 1. The van der Waals surface area contributed by atoms with Gasteiger partial charge in [-0.15, -0.1) is 0 Å². The van der Waals surface area contributed by atoms with E-state index in [0.29, 0.717) is 0 Å². The lowest BCUT2D eigenvalue weighted by molar-refractivity contribution is 0.413. The van der Waals surface area contributed by atoms with Crippen LogP contribution in [0, 0.1) is 0 Å². The monoisotopic (exact) mass is 243 g/mol. The van der Waals surface area contributed by atoms with Crippen molar-refractivity contribution in [2.24, 2.45) is 5.84 Å². The van der Waals surface area contributed by atoms with E-state index in [1.807, 2.05) is 36.4 Å². The minimum Gasteiger partial charge on any atom is -0.497 e. The average Bonchev–Trinajstić information content (AvgIpc) is 2.46. The van der Waals surface area contributed by atoms with Crippen LogP contribution in [0.2, 0.25) is 0 Å². The minimum atomic E-state index is -0.00157. The molecule has 1 heterocycles. The van der Waals surface area contributed by atoms with Crippen LogP contribution in [-0.2, 0) is 6.42 Å². The van der Waals surface area contributed by atoms with Crippen LogP contribution >= 0.6 is 0 Å². The maximum atomic E-state index is 5.60. The molecule has 0 saturated heterocycles. The Morgan fingerprint density at radius 3 is 2.83 bits per heavy atom. The Kier molecular flexibility index (Phi) is 4.28. The molecular formula is C14H17N3O. The van der Waals surface area contributed by atoms with Crippen LogP contribution in [0.4, 0.5) is 0 Å². The Balaban J connectivity index is 2.15. The van der Waals surface area contributed by atoms with Crippen LogP contribution in [0.1, 0.15) is 17.3 Å². The van der Waals surface area contributed by atoms with Crippen LogP contribution in [0.5, 0.6) is 5.75 Å². The number of nitrogens with two attached hydrogens (primary N) is 1. The number of pyridine rings is 1. The second-order valence-electron chi connectivity index (χ2n) is 4.03. The molecule has 0 bridgehead atoms. The van der Waals surface area contributed by atoms with E-state index in [9.17, 15) is 0 Å². The lowest BCUT2D eigenvalue weighted by atomic mass is 10.0. The zero-order valence-corrected chi connectivity index (χ0v) is 10.3. The molecule has 2 rings (SSSR count). The number of nitrogens with one attached hydrogen (secondary N) is 1. The summed E-state index contributed by atoms with van der Waals surface area (Å²) in [5.74, 6) is 6.45. The summed E-state index contributed by atoms with van der Waals surface area (Å²) >= 11 is 0. The predicted molar refractivity (Wildman–Crippen MR) is 71.0 cm³/mol. The highest BCUT2D eigenvalue weighted by atomic mass is 16.5. The Bertz CT molecular complexity index is 487. The summed E-state index contributed by atoms with van der Waals surface area (Å²) in [6.45, 7) is 0. The SMILES string of the molecule is COc1cccc(CC(NN)c2ccccn2)c1. The molecule has 3 N–H and O–H groups in total. The number of aromatic nitrogens is 1. The molecule has 0 fully saturated rings. The van der Waals surface area contributed by atoms with E-state index in [-0.39, 0.29) is 6.04 Å². The summed E-state index contributed by atoms with van der Waals surface area (Å²) in [6.07, 6.45) is 2.54. The van der Waals surface area contributed by atoms with Gasteiger partial charge < -0.3 is 4.74 Å². The summed E-state index contributed by atoms with van der Waals surface area (Å²) in [4.78, 5) is 4.31. The van der Waals surface area contributed by atoms with Gasteiger partial charge in [-0.3, -0.25) is 16.3 Å². The first kappa shape index (κ1) is 12.5. The molecule has 1 unspecified atom stereocenters. The van der Waals surface area contributed by atoms with Gasteiger partial charge in [-0.05, 0) is 36.2 Å². The molecule has 0 spiro atoms. The second-order valence-corrected chi connectivity index (χ2v) is 4.03. The van der Waals surface area contributed by atoms with Gasteiger partial charge in [0, 0.05) is 6.20 Å². The summed E-state index contributed by atoms with van der Waals surface area (Å²) < 4.78 is 5.21. The highest BCUT2D eigenvalue weighted by molar-refractivity contribution is 5.29. The van der Waals surface area contributed by atoms with Crippen molar-refractivity contribution in [3.8, 4) is 5.75 Å². The third-order valence-electron chi connectivity index (χ3n) is 2.82. The Hall–Kier alpha value is -1.91. The summed E-state index contributed by atoms with van der Waals surface area (Å²) in [6, 6.07) is 13.8. The van der Waals surface area contributed by atoms with Crippen molar-refractivity contribution < 1.29 is 4.74 Å². The van der Waals surface area contributed by atoms with Crippen LogP contribution in [-0.4, -0.2) is 12.1 Å². The molecule has 1 aromatic heterocycles. The van der Waals surface area contributed by atoms with Crippen molar-refractivity contribution in [1.82, 2.24) is 10.4 Å². The van der Waals surface area contributed by atoms with Crippen molar-refractivity contribution in [1.29, 1.82) is 0 Å². The maximum Gasteiger partial charge on any atom is 0.119 e. The first-order valence-corrected chi connectivity index (χ1v) is 5.83. The molecule has 0 saturated carbocycles. The molecule has 0 aliphatic rings. The predicted octanol–water partition coefficient (Wildman–Crippen LogP) is 1.84. The molecule has 4 nitrogen and oxygen atoms in total. The van der Waals surface area contributed by atoms with Crippen LogP contribution < -0.4 is 16.0 Å². The summed E-state index contributed by atoms with van der Waals surface area (Å²) in [5, 5.41) is 0. The second kappa shape index (κ2) is 6.14. The van der Waals surface area contributed by atoms with Gasteiger partial charge in [-0.25, -0.2) is 0 Å². The van der Waals surface area contributed by atoms with Gasteiger partial charge >= 0.3 is 0 Å². The standard InChI is InChI=1S/C14H17N3O/c1-18-12-6-4-5-11(9-12)10-14(17-15)13-7-2-3-8-16-13/h2-9,14,17H,10,15H2,1H3. The Labute approximate surface area is 107 Å². The molecule has 0 aliphatic heterocycles. The first-order chi connectivity index (χ1) is 8.83. The van der Waals surface area contributed by atoms with Gasteiger partial charge in [0.25, 0.3) is 0 Å². The van der Waals surface area contributed by atoms with Gasteiger partial charge in [0.1, 0.15) is 5.75 Å². The molecule has 2 aromatic rings. The van der Waals surface area contributed by atoms with E-state index >= 15 is 0 Å². The largest absolute Gasteiger partial charge is 0.497 e. The smallest absolute Gasteiger partial charge is 0.119 e. The zero-order valence-electron chi connectivity index (χ0n) is 10.3. The number of nitrogens with zero attached hydrogens (tertiary/aromatic N) is 1.